The number of amides is 1. The van der Waals surface area contributed by atoms with Crippen LogP contribution in [0.2, 0.25) is 0 Å². The zero-order chi connectivity index (χ0) is 19.7. The molecule has 0 radical (unpaired) electrons. The van der Waals surface area contributed by atoms with Gasteiger partial charge in [0.05, 0.1) is 12.1 Å². The Balaban J connectivity index is 1.44. The Bertz CT molecular complexity index is 989. The summed E-state index contributed by atoms with van der Waals surface area (Å²) in [4.78, 5) is 13.0. The highest BCUT2D eigenvalue weighted by molar-refractivity contribution is 7.11. The van der Waals surface area contributed by atoms with Gasteiger partial charge in [-0.2, -0.15) is 10.5 Å². The molecule has 2 bridgehead atoms. The predicted molar refractivity (Wildman–Crippen MR) is 104 cm³/mol. The van der Waals surface area contributed by atoms with Crippen molar-refractivity contribution < 1.29 is 9.18 Å². The lowest BCUT2D eigenvalue weighted by Crippen LogP contribution is -2.50. The van der Waals surface area contributed by atoms with Gasteiger partial charge in [0.15, 0.2) is 0 Å². The highest BCUT2D eigenvalue weighted by atomic mass is 32.1. The molecule has 1 aromatic carbocycles. The second-order valence-electron chi connectivity index (χ2n) is 7.39. The van der Waals surface area contributed by atoms with Gasteiger partial charge in [0.25, 0.3) is 0 Å². The van der Waals surface area contributed by atoms with E-state index in [0.29, 0.717) is 33.5 Å². The summed E-state index contributed by atoms with van der Waals surface area (Å²) in [5, 5.41) is 26.4. The number of carbonyl (C=O) groups is 1. The summed E-state index contributed by atoms with van der Waals surface area (Å²) in [7, 11) is 0. The number of piperidine rings is 1. The molecule has 1 aromatic heterocycles. The van der Waals surface area contributed by atoms with Crippen molar-refractivity contribution in [2.45, 2.75) is 43.8 Å². The van der Waals surface area contributed by atoms with E-state index >= 15 is 0 Å². The molecule has 0 spiro atoms. The molecule has 2 aliphatic rings. The molecule has 2 N–H and O–H groups in total. The van der Waals surface area contributed by atoms with Crippen molar-refractivity contribution in [2.24, 2.45) is 5.92 Å². The topological polar surface area (TPSA) is 88.7 Å². The Hall–Kier alpha value is -2.74. The summed E-state index contributed by atoms with van der Waals surface area (Å²) < 4.78 is 14.6. The summed E-state index contributed by atoms with van der Waals surface area (Å²) >= 11 is 1.31. The first kappa shape index (κ1) is 18.6. The van der Waals surface area contributed by atoms with Crippen molar-refractivity contribution in [3.05, 3.63) is 45.9 Å². The van der Waals surface area contributed by atoms with E-state index < -0.39 is 11.9 Å². The summed E-state index contributed by atoms with van der Waals surface area (Å²) in [5.74, 6) is -0.284. The van der Waals surface area contributed by atoms with Gasteiger partial charge in [0.2, 0.25) is 5.91 Å². The molecule has 1 amide bonds. The Morgan fingerprint density at radius 3 is 2.86 bits per heavy atom. The molecule has 4 rings (SSSR count). The third-order valence-corrected chi connectivity index (χ3v) is 6.49. The normalized spacial score (nSPS) is 23.8. The summed E-state index contributed by atoms with van der Waals surface area (Å²) in [6, 6.07) is 10.1. The van der Waals surface area contributed by atoms with Crippen LogP contribution >= 0.6 is 11.3 Å². The minimum atomic E-state index is -0.787. The maximum atomic E-state index is 14.6. The zero-order valence-electron chi connectivity index (χ0n) is 15.1. The van der Waals surface area contributed by atoms with Crippen LogP contribution in [0.3, 0.4) is 0 Å². The largest absolute Gasteiger partial charge is 0.339 e. The SMILES string of the molecule is N#Cc1sccc1-c1ccc(C[C@@H](C#N)NC(=O)[C@H]2N[C@H]3CC[C@H]2C3)c(F)c1. The Morgan fingerprint density at radius 2 is 2.21 bits per heavy atom. The molecule has 0 unspecified atom stereocenters. The van der Waals surface area contributed by atoms with Crippen LogP contribution < -0.4 is 10.6 Å². The van der Waals surface area contributed by atoms with Gasteiger partial charge >= 0.3 is 0 Å². The van der Waals surface area contributed by atoms with Crippen LogP contribution in [-0.2, 0) is 11.2 Å². The van der Waals surface area contributed by atoms with E-state index in [0.717, 1.165) is 19.3 Å². The smallest absolute Gasteiger partial charge is 0.238 e. The van der Waals surface area contributed by atoms with Gasteiger partial charge in [-0.15, -0.1) is 11.3 Å². The number of carbonyl (C=O) groups excluding carboxylic acids is 1. The van der Waals surface area contributed by atoms with E-state index in [2.05, 4.69) is 22.8 Å². The van der Waals surface area contributed by atoms with Crippen molar-refractivity contribution in [1.82, 2.24) is 10.6 Å². The van der Waals surface area contributed by atoms with Crippen molar-refractivity contribution in [2.75, 3.05) is 0 Å². The minimum Gasteiger partial charge on any atom is -0.339 e. The molecule has 28 heavy (non-hydrogen) atoms. The standard InChI is InChI=1S/C21H19FN4OS/c22-18-9-12(17-5-6-28-19(17)11-24)1-2-13(18)7-16(10-23)26-21(27)20-14-3-4-15(8-14)25-20/h1-2,5-6,9,14-16,20,25H,3-4,7-8H2,(H,26,27)/t14-,15-,16-,20-/m0/s1. The predicted octanol–water partition coefficient (Wildman–Crippen LogP) is 3.12. The third-order valence-electron chi connectivity index (χ3n) is 5.67. The van der Waals surface area contributed by atoms with E-state index in [1.165, 1.54) is 17.4 Å². The lowest BCUT2D eigenvalue weighted by molar-refractivity contribution is -0.124. The number of hydrogen-bond donors (Lipinski definition) is 2. The number of thiophene rings is 1. The first-order valence-electron chi connectivity index (χ1n) is 9.31. The molecule has 7 heteroatoms. The molecule has 1 aliphatic carbocycles. The van der Waals surface area contributed by atoms with Crippen LogP contribution in [-0.4, -0.2) is 24.0 Å². The van der Waals surface area contributed by atoms with Gasteiger partial charge in [-0.25, -0.2) is 4.39 Å². The average Bonchev–Trinajstić information content (AvgIpc) is 3.45. The Kier molecular flexibility index (Phi) is 5.13. The summed E-state index contributed by atoms with van der Waals surface area (Å²) in [5.41, 5.74) is 1.69. The molecule has 5 nitrogen and oxygen atoms in total. The van der Waals surface area contributed by atoms with E-state index in [1.807, 2.05) is 0 Å². The highest BCUT2D eigenvalue weighted by Gasteiger charge is 2.43. The monoisotopic (exact) mass is 394 g/mol. The van der Waals surface area contributed by atoms with Crippen molar-refractivity contribution in [3.8, 4) is 23.3 Å². The van der Waals surface area contributed by atoms with Gasteiger partial charge in [0, 0.05) is 18.0 Å². The second-order valence-corrected chi connectivity index (χ2v) is 8.31. The molecule has 2 heterocycles. The van der Waals surface area contributed by atoms with Gasteiger partial charge in [0.1, 0.15) is 22.8 Å². The fraction of sp³-hybridized carbons (Fsp3) is 0.381. The minimum absolute atomic E-state index is 0.101. The number of benzene rings is 1. The van der Waals surface area contributed by atoms with Gasteiger partial charge in [-0.3, -0.25) is 4.79 Å². The number of halogens is 1. The molecule has 1 aliphatic heterocycles. The molecular weight excluding hydrogens is 375 g/mol. The fourth-order valence-electron chi connectivity index (χ4n) is 4.26. The maximum Gasteiger partial charge on any atom is 0.238 e. The summed E-state index contributed by atoms with van der Waals surface area (Å²) in [6.45, 7) is 0. The lowest BCUT2D eigenvalue weighted by atomic mass is 9.98. The molecule has 1 saturated carbocycles. The number of nitrogens with zero attached hydrogens (tertiary/aromatic N) is 2. The number of rotatable bonds is 5. The van der Waals surface area contributed by atoms with Crippen LogP contribution in [0, 0.1) is 34.4 Å². The van der Waals surface area contributed by atoms with E-state index in [-0.39, 0.29) is 18.4 Å². The van der Waals surface area contributed by atoms with E-state index in [1.54, 1.807) is 23.6 Å². The highest BCUT2D eigenvalue weighted by Crippen LogP contribution is 2.35. The second kappa shape index (κ2) is 7.71. The van der Waals surface area contributed by atoms with Crippen LogP contribution in [0.4, 0.5) is 4.39 Å². The molecule has 2 aromatic rings. The maximum absolute atomic E-state index is 14.6. The van der Waals surface area contributed by atoms with E-state index in [4.69, 9.17) is 5.26 Å². The molecule has 142 valence electrons. The van der Waals surface area contributed by atoms with Crippen LogP contribution in [0.25, 0.3) is 11.1 Å². The molecule has 4 atom stereocenters. The van der Waals surface area contributed by atoms with Crippen molar-refractivity contribution in [3.63, 3.8) is 0 Å². The number of hydrogen-bond acceptors (Lipinski definition) is 5. The number of nitriles is 2. The van der Waals surface area contributed by atoms with Crippen molar-refractivity contribution in [1.29, 1.82) is 10.5 Å². The number of nitrogens with one attached hydrogen (secondary N) is 2. The average molecular weight is 394 g/mol. The van der Waals surface area contributed by atoms with E-state index in [9.17, 15) is 14.4 Å². The third kappa shape index (κ3) is 3.52. The van der Waals surface area contributed by atoms with Gasteiger partial charge < -0.3 is 10.6 Å². The molecule has 1 saturated heterocycles. The quantitative estimate of drug-likeness (QED) is 0.816. The van der Waals surface area contributed by atoms with Crippen LogP contribution in [0.1, 0.15) is 29.7 Å². The Labute approximate surface area is 166 Å². The molecule has 2 fully saturated rings. The van der Waals surface area contributed by atoms with Gasteiger partial charge in [-0.05, 0) is 53.8 Å². The first-order chi connectivity index (χ1) is 13.6. The van der Waals surface area contributed by atoms with Gasteiger partial charge in [-0.1, -0.05) is 12.1 Å². The van der Waals surface area contributed by atoms with Crippen molar-refractivity contribution >= 4 is 17.2 Å². The first-order valence-corrected chi connectivity index (χ1v) is 10.2. The fourth-order valence-corrected chi connectivity index (χ4v) is 4.97. The Morgan fingerprint density at radius 1 is 1.36 bits per heavy atom. The lowest BCUT2D eigenvalue weighted by Gasteiger charge is -2.23. The zero-order valence-corrected chi connectivity index (χ0v) is 15.9. The number of fused-ring (bicyclic) bond motifs is 2. The van der Waals surface area contributed by atoms with Crippen LogP contribution in [0.15, 0.2) is 29.6 Å². The molecular formula is C21H19FN4OS. The van der Waals surface area contributed by atoms with Crippen LogP contribution in [0.5, 0.6) is 0 Å². The summed E-state index contributed by atoms with van der Waals surface area (Å²) in [6.07, 6.45) is 3.25.